The Kier molecular flexibility index (Phi) is 4.82. The van der Waals surface area contributed by atoms with E-state index in [1.807, 2.05) is 17.7 Å². The highest BCUT2D eigenvalue weighted by Gasteiger charge is 2.41. The zero-order chi connectivity index (χ0) is 15.3. The molecule has 1 aromatic rings. The summed E-state index contributed by atoms with van der Waals surface area (Å²) in [4.78, 5) is 27.5. The van der Waals surface area contributed by atoms with E-state index in [0.29, 0.717) is 19.4 Å². The molecule has 2 amide bonds. The quantitative estimate of drug-likeness (QED) is 0.764. The molecule has 1 fully saturated rings. The van der Waals surface area contributed by atoms with Crippen LogP contribution in [0, 0.1) is 0 Å². The fourth-order valence-electron chi connectivity index (χ4n) is 2.78. The molecule has 1 atom stereocenters. The number of nitrogens with one attached hydrogen (secondary N) is 2. The predicted molar refractivity (Wildman–Crippen MR) is 76.8 cm³/mol. The third-order valence-electron chi connectivity index (χ3n) is 3.89. The Hall–Kier alpha value is -2.05. The largest absolute Gasteiger partial charge is 0.480 e. The van der Waals surface area contributed by atoms with Gasteiger partial charge in [-0.25, -0.2) is 14.6 Å². The van der Waals surface area contributed by atoms with E-state index in [1.165, 1.54) is 0 Å². The molecule has 0 saturated heterocycles. The fraction of sp³-hybridized carbons (Fsp3) is 0.643. The van der Waals surface area contributed by atoms with Gasteiger partial charge in [-0.3, -0.25) is 0 Å². The molecule has 116 valence electrons. The zero-order valence-corrected chi connectivity index (χ0v) is 12.2. The second-order valence-corrected chi connectivity index (χ2v) is 5.71. The van der Waals surface area contributed by atoms with Gasteiger partial charge in [-0.2, -0.15) is 0 Å². The Morgan fingerprint density at radius 1 is 1.38 bits per heavy atom. The van der Waals surface area contributed by atoms with Gasteiger partial charge in [-0.15, -0.1) is 0 Å². The Balaban J connectivity index is 1.88. The number of urea groups is 1. The molecule has 3 N–H and O–H groups in total. The molecular weight excluding hydrogens is 272 g/mol. The molecule has 1 heterocycles. The van der Waals surface area contributed by atoms with Gasteiger partial charge < -0.3 is 20.3 Å². The van der Waals surface area contributed by atoms with Gasteiger partial charge in [0.1, 0.15) is 5.54 Å². The smallest absolute Gasteiger partial charge is 0.329 e. The monoisotopic (exact) mass is 294 g/mol. The number of carbonyl (C=O) groups excluding carboxylic acids is 1. The molecule has 7 heteroatoms. The van der Waals surface area contributed by atoms with Crippen molar-refractivity contribution in [3.05, 3.63) is 18.7 Å². The Labute approximate surface area is 123 Å². The van der Waals surface area contributed by atoms with Crippen molar-refractivity contribution in [3.8, 4) is 0 Å². The summed E-state index contributed by atoms with van der Waals surface area (Å²) in [6.45, 7) is 2.46. The van der Waals surface area contributed by atoms with Crippen LogP contribution >= 0.6 is 0 Å². The third-order valence-corrected chi connectivity index (χ3v) is 3.89. The van der Waals surface area contributed by atoms with E-state index in [1.54, 1.807) is 12.5 Å². The third kappa shape index (κ3) is 3.96. The minimum absolute atomic E-state index is 0.117. The van der Waals surface area contributed by atoms with Crippen molar-refractivity contribution in [2.75, 3.05) is 0 Å². The fourth-order valence-corrected chi connectivity index (χ4v) is 2.78. The van der Waals surface area contributed by atoms with Crippen molar-refractivity contribution in [2.45, 2.75) is 57.2 Å². The standard InChI is InChI=1S/C14H22N4O3/c1-11(9-18-8-7-15-10-18)16-13(21)17-14(12(19)20)5-3-2-4-6-14/h7-8,10-11H,2-6,9H2,1H3,(H,19,20)(H2,16,17,21). The summed E-state index contributed by atoms with van der Waals surface area (Å²) < 4.78 is 1.86. The van der Waals surface area contributed by atoms with Gasteiger partial charge in [0.2, 0.25) is 0 Å². The molecule has 7 nitrogen and oxygen atoms in total. The summed E-state index contributed by atoms with van der Waals surface area (Å²) >= 11 is 0. The number of carbonyl (C=O) groups is 2. The van der Waals surface area contributed by atoms with Crippen LogP contribution in [0.15, 0.2) is 18.7 Å². The Morgan fingerprint density at radius 2 is 2.10 bits per heavy atom. The molecule has 21 heavy (non-hydrogen) atoms. The first-order valence-corrected chi connectivity index (χ1v) is 7.30. The number of carboxylic acids is 1. The maximum atomic E-state index is 12.0. The minimum Gasteiger partial charge on any atom is -0.480 e. The van der Waals surface area contributed by atoms with Gasteiger partial charge >= 0.3 is 12.0 Å². The first-order valence-electron chi connectivity index (χ1n) is 7.30. The van der Waals surface area contributed by atoms with E-state index < -0.39 is 17.5 Å². The van der Waals surface area contributed by atoms with Crippen LogP contribution in [0.5, 0.6) is 0 Å². The van der Waals surface area contributed by atoms with Crippen molar-refractivity contribution in [3.63, 3.8) is 0 Å². The van der Waals surface area contributed by atoms with Gasteiger partial charge in [0.25, 0.3) is 0 Å². The zero-order valence-electron chi connectivity index (χ0n) is 12.2. The highest BCUT2D eigenvalue weighted by Crippen LogP contribution is 2.28. The van der Waals surface area contributed by atoms with Crippen molar-refractivity contribution >= 4 is 12.0 Å². The van der Waals surface area contributed by atoms with Gasteiger partial charge in [0.05, 0.1) is 6.33 Å². The number of aliphatic carboxylic acids is 1. The molecule has 0 aliphatic heterocycles. The molecule has 1 aromatic heterocycles. The second-order valence-electron chi connectivity index (χ2n) is 5.71. The first kappa shape index (κ1) is 15.3. The number of rotatable bonds is 5. The SMILES string of the molecule is CC(Cn1ccnc1)NC(=O)NC1(C(=O)O)CCCCC1. The molecule has 1 aliphatic rings. The van der Waals surface area contributed by atoms with E-state index in [0.717, 1.165) is 19.3 Å². The minimum atomic E-state index is -1.11. The normalized spacial score (nSPS) is 18.7. The van der Waals surface area contributed by atoms with E-state index in [2.05, 4.69) is 15.6 Å². The number of carboxylic acid groups (broad SMARTS) is 1. The Morgan fingerprint density at radius 3 is 2.67 bits per heavy atom. The Bertz CT molecular complexity index is 480. The molecule has 1 unspecified atom stereocenters. The van der Waals surface area contributed by atoms with Crippen molar-refractivity contribution in [2.24, 2.45) is 0 Å². The molecule has 0 bridgehead atoms. The van der Waals surface area contributed by atoms with Gasteiger partial charge in [0.15, 0.2) is 0 Å². The maximum Gasteiger partial charge on any atom is 0.329 e. The summed E-state index contributed by atoms with van der Waals surface area (Å²) in [6.07, 6.45) is 8.83. The van der Waals surface area contributed by atoms with Crippen LogP contribution in [0.2, 0.25) is 0 Å². The number of imidazole rings is 1. The summed E-state index contributed by atoms with van der Waals surface area (Å²) in [6, 6.07) is -0.541. The predicted octanol–water partition coefficient (Wildman–Crippen LogP) is 1.36. The molecule has 2 rings (SSSR count). The summed E-state index contributed by atoms with van der Waals surface area (Å²) in [5, 5.41) is 14.9. The summed E-state index contributed by atoms with van der Waals surface area (Å²) in [5.41, 5.74) is -1.11. The summed E-state index contributed by atoms with van der Waals surface area (Å²) in [5.74, 6) is -0.945. The van der Waals surface area contributed by atoms with Gasteiger partial charge in [-0.1, -0.05) is 19.3 Å². The number of hydrogen-bond donors (Lipinski definition) is 3. The lowest BCUT2D eigenvalue weighted by Crippen LogP contribution is -2.59. The van der Waals surface area contributed by atoms with Crippen LogP contribution in [0.25, 0.3) is 0 Å². The number of nitrogens with zero attached hydrogens (tertiary/aromatic N) is 2. The summed E-state index contributed by atoms with van der Waals surface area (Å²) in [7, 11) is 0. The molecule has 0 radical (unpaired) electrons. The van der Waals surface area contributed by atoms with Crippen LogP contribution in [0.4, 0.5) is 4.79 Å². The lowest BCUT2D eigenvalue weighted by atomic mass is 9.82. The molecule has 0 aromatic carbocycles. The first-order chi connectivity index (χ1) is 10.0. The van der Waals surface area contributed by atoms with Crippen molar-refractivity contribution < 1.29 is 14.7 Å². The average molecular weight is 294 g/mol. The van der Waals surface area contributed by atoms with Crippen LogP contribution in [0.1, 0.15) is 39.0 Å². The van der Waals surface area contributed by atoms with Gasteiger partial charge in [0, 0.05) is 25.0 Å². The van der Waals surface area contributed by atoms with Crippen LogP contribution < -0.4 is 10.6 Å². The van der Waals surface area contributed by atoms with Gasteiger partial charge in [-0.05, 0) is 19.8 Å². The van der Waals surface area contributed by atoms with E-state index in [-0.39, 0.29) is 6.04 Å². The highest BCUT2D eigenvalue weighted by molar-refractivity contribution is 5.86. The topological polar surface area (TPSA) is 96.3 Å². The highest BCUT2D eigenvalue weighted by atomic mass is 16.4. The van der Waals surface area contributed by atoms with Crippen LogP contribution in [0.3, 0.4) is 0 Å². The molecular formula is C14H22N4O3. The van der Waals surface area contributed by atoms with Crippen LogP contribution in [-0.4, -0.2) is 38.2 Å². The van der Waals surface area contributed by atoms with Crippen LogP contribution in [-0.2, 0) is 11.3 Å². The number of amides is 2. The van der Waals surface area contributed by atoms with E-state index >= 15 is 0 Å². The molecule has 1 saturated carbocycles. The molecule has 0 spiro atoms. The maximum absolute atomic E-state index is 12.0. The van der Waals surface area contributed by atoms with E-state index in [9.17, 15) is 14.7 Å². The van der Waals surface area contributed by atoms with Crippen molar-refractivity contribution in [1.82, 2.24) is 20.2 Å². The average Bonchev–Trinajstić information content (AvgIpc) is 2.92. The molecule has 1 aliphatic carbocycles. The lowest BCUT2D eigenvalue weighted by Gasteiger charge is -2.34. The van der Waals surface area contributed by atoms with E-state index in [4.69, 9.17) is 0 Å². The number of aromatic nitrogens is 2. The van der Waals surface area contributed by atoms with Crippen molar-refractivity contribution in [1.29, 1.82) is 0 Å². The lowest BCUT2D eigenvalue weighted by molar-refractivity contribution is -0.145. The second kappa shape index (κ2) is 6.60. The number of hydrogen-bond acceptors (Lipinski definition) is 3.